The molecule has 4 rings (SSSR count). The number of aliphatic hydroxyl groups excluding tert-OH is 1. The first-order chi connectivity index (χ1) is 18.7. The molecular weight excluding hydrogens is 490 g/mol. The molecule has 208 valence electrons. The van der Waals surface area contributed by atoms with Crippen LogP contribution in [0.3, 0.4) is 0 Å². The monoisotopic (exact) mass is 531 g/mol. The van der Waals surface area contributed by atoms with Gasteiger partial charge in [0.15, 0.2) is 0 Å². The fourth-order valence-electron chi connectivity index (χ4n) is 4.88. The van der Waals surface area contributed by atoms with E-state index in [4.69, 9.17) is 9.47 Å². The molecule has 0 radical (unpaired) electrons. The molecule has 1 aliphatic rings. The number of nitrogens with zero attached hydrogens (tertiary/aromatic N) is 3. The van der Waals surface area contributed by atoms with Gasteiger partial charge in [-0.15, -0.1) is 0 Å². The first-order valence-electron chi connectivity index (χ1n) is 13.6. The van der Waals surface area contributed by atoms with E-state index >= 15 is 0 Å². The highest BCUT2D eigenvalue weighted by Gasteiger charge is 2.31. The van der Waals surface area contributed by atoms with Gasteiger partial charge in [-0.25, -0.2) is 0 Å². The van der Waals surface area contributed by atoms with Crippen molar-refractivity contribution in [1.82, 2.24) is 9.80 Å². The Morgan fingerprint density at radius 1 is 1.03 bits per heavy atom. The molecule has 7 heteroatoms. The topological polar surface area (TPSA) is 65.5 Å². The normalized spacial score (nSPS) is 18.4. The van der Waals surface area contributed by atoms with Gasteiger partial charge in [-0.2, -0.15) is 0 Å². The molecule has 39 heavy (non-hydrogen) atoms. The number of fused-ring (bicyclic) bond motifs is 1. The van der Waals surface area contributed by atoms with E-state index in [1.807, 2.05) is 91.5 Å². The van der Waals surface area contributed by atoms with Gasteiger partial charge in [0, 0.05) is 50.9 Å². The van der Waals surface area contributed by atoms with Crippen LogP contribution in [0, 0.1) is 5.92 Å². The average Bonchev–Trinajstić information content (AvgIpc) is 2.97. The third-order valence-corrected chi connectivity index (χ3v) is 7.26. The molecule has 0 aliphatic carbocycles. The third kappa shape index (κ3) is 7.52. The third-order valence-electron chi connectivity index (χ3n) is 7.26. The second kappa shape index (κ2) is 13.0. The molecule has 0 bridgehead atoms. The number of likely N-dealkylation sites (N-methyl/N-ethyl adjacent to an activating group) is 1. The summed E-state index contributed by atoms with van der Waals surface area (Å²) < 4.78 is 12.6. The van der Waals surface area contributed by atoms with E-state index in [2.05, 4.69) is 31.0 Å². The summed E-state index contributed by atoms with van der Waals surface area (Å²) in [6.07, 6.45) is 0.104. The van der Waals surface area contributed by atoms with Gasteiger partial charge in [0.25, 0.3) is 0 Å². The van der Waals surface area contributed by atoms with Crippen LogP contribution in [-0.4, -0.2) is 73.8 Å². The van der Waals surface area contributed by atoms with Gasteiger partial charge in [-0.1, -0.05) is 37.3 Å². The fraction of sp³-hybridized carbons (Fsp3) is 0.406. The van der Waals surface area contributed by atoms with Gasteiger partial charge in [-0.05, 0) is 62.0 Å². The standard InChI is InChI=1S/C32H41N3O4/c1-23-19-35(24(2)22-36)32(37)18-26-17-27(33(3)4)13-16-30(26)39-31(23)21-34(5)20-25-11-14-29(15-12-25)38-28-9-7-6-8-10-28/h6-17,23-24,31,36H,18-22H2,1-5H3/t23-,24-,31+/m1/s1. The molecule has 3 aromatic rings. The Bertz CT molecular complexity index is 1220. The molecule has 1 N–H and O–H groups in total. The van der Waals surface area contributed by atoms with Crippen LogP contribution in [0.4, 0.5) is 5.69 Å². The van der Waals surface area contributed by atoms with Gasteiger partial charge < -0.3 is 24.4 Å². The Morgan fingerprint density at radius 3 is 2.38 bits per heavy atom. The molecule has 0 unspecified atom stereocenters. The zero-order valence-electron chi connectivity index (χ0n) is 23.7. The van der Waals surface area contributed by atoms with Crippen LogP contribution in [0.1, 0.15) is 25.0 Å². The maximum atomic E-state index is 13.3. The van der Waals surface area contributed by atoms with Crippen LogP contribution in [-0.2, 0) is 17.8 Å². The number of anilines is 1. The summed E-state index contributed by atoms with van der Waals surface area (Å²) in [6, 6.07) is 23.7. The summed E-state index contributed by atoms with van der Waals surface area (Å²) in [6.45, 7) is 5.91. The van der Waals surface area contributed by atoms with Crippen molar-refractivity contribution in [1.29, 1.82) is 0 Å². The molecular formula is C32H41N3O4. The van der Waals surface area contributed by atoms with E-state index < -0.39 is 0 Å². The Labute approximate surface area is 232 Å². The summed E-state index contributed by atoms with van der Waals surface area (Å²) in [5.74, 6) is 2.44. The van der Waals surface area contributed by atoms with Crippen molar-refractivity contribution < 1.29 is 19.4 Å². The zero-order chi connectivity index (χ0) is 27.9. The second-order valence-electron chi connectivity index (χ2n) is 10.8. The fourth-order valence-corrected chi connectivity index (χ4v) is 4.88. The predicted octanol–water partition coefficient (Wildman–Crippen LogP) is 4.83. The summed E-state index contributed by atoms with van der Waals surface area (Å²) in [7, 11) is 6.06. The lowest BCUT2D eigenvalue weighted by Gasteiger charge is -2.34. The quantitative estimate of drug-likeness (QED) is 0.427. The minimum Gasteiger partial charge on any atom is -0.488 e. The maximum absolute atomic E-state index is 13.3. The van der Waals surface area contributed by atoms with Crippen LogP contribution in [0.5, 0.6) is 17.2 Å². The van der Waals surface area contributed by atoms with Crippen LogP contribution in [0.15, 0.2) is 72.8 Å². The van der Waals surface area contributed by atoms with Gasteiger partial charge >= 0.3 is 0 Å². The number of para-hydroxylation sites is 1. The number of carbonyl (C=O) groups is 1. The molecule has 3 atom stereocenters. The van der Waals surface area contributed by atoms with E-state index in [1.165, 1.54) is 5.56 Å². The number of hydrogen-bond donors (Lipinski definition) is 1. The molecule has 0 saturated heterocycles. The average molecular weight is 532 g/mol. The van der Waals surface area contributed by atoms with Crippen LogP contribution >= 0.6 is 0 Å². The highest BCUT2D eigenvalue weighted by atomic mass is 16.5. The van der Waals surface area contributed by atoms with E-state index in [9.17, 15) is 9.90 Å². The van der Waals surface area contributed by atoms with Crippen molar-refractivity contribution in [3.63, 3.8) is 0 Å². The number of hydrogen-bond acceptors (Lipinski definition) is 6. The smallest absolute Gasteiger partial charge is 0.227 e. The number of rotatable bonds is 9. The molecule has 0 aromatic heterocycles. The minimum atomic E-state index is -0.256. The Hall–Kier alpha value is -3.55. The number of amides is 1. The highest BCUT2D eigenvalue weighted by molar-refractivity contribution is 5.80. The van der Waals surface area contributed by atoms with E-state index in [-0.39, 0.29) is 37.0 Å². The van der Waals surface area contributed by atoms with Crippen LogP contribution < -0.4 is 14.4 Å². The molecule has 3 aromatic carbocycles. The summed E-state index contributed by atoms with van der Waals surface area (Å²) in [5, 5.41) is 9.86. The van der Waals surface area contributed by atoms with Gasteiger partial charge in [0.2, 0.25) is 5.91 Å². The summed E-state index contributed by atoms with van der Waals surface area (Å²) >= 11 is 0. The van der Waals surface area contributed by atoms with Gasteiger partial charge in [0.05, 0.1) is 19.1 Å². The number of aliphatic hydroxyl groups is 1. The molecule has 0 spiro atoms. The van der Waals surface area contributed by atoms with Crippen molar-refractivity contribution in [3.05, 3.63) is 83.9 Å². The molecule has 1 heterocycles. The second-order valence-corrected chi connectivity index (χ2v) is 10.8. The zero-order valence-corrected chi connectivity index (χ0v) is 23.7. The number of benzene rings is 3. The summed E-state index contributed by atoms with van der Waals surface area (Å²) in [5.41, 5.74) is 3.07. The lowest BCUT2D eigenvalue weighted by molar-refractivity contribution is -0.134. The lowest BCUT2D eigenvalue weighted by atomic mass is 10.0. The molecule has 7 nitrogen and oxygen atoms in total. The molecule has 1 amide bonds. The van der Waals surface area contributed by atoms with Crippen LogP contribution in [0.2, 0.25) is 0 Å². The molecule has 0 fully saturated rings. The highest BCUT2D eigenvalue weighted by Crippen LogP contribution is 2.30. The van der Waals surface area contributed by atoms with Crippen molar-refractivity contribution in [3.8, 4) is 17.2 Å². The number of ether oxygens (including phenoxy) is 2. The molecule has 1 aliphatic heterocycles. The first kappa shape index (κ1) is 28.5. The SMILES string of the molecule is C[C@@H]1CN([C@H](C)CO)C(=O)Cc2cc(N(C)C)ccc2O[C@H]1CN(C)Cc1ccc(Oc2ccccc2)cc1. The van der Waals surface area contributed by atoms with Gasteiger partial charge in [-0.3, -0.25) is 9.69 Å². The largest absolute Gasteiger partial charge is 0.488 e. The number of carbonyl (C=O) groups excluding carboxylic acids is 1. The van der Waals surface area contributed by atoms with Crippen LogP contribution in [0.25, 0.3) is 0 Å². The first-order valence-corrected chi connectivity index (χ1v) is 13.6. The Morgan fingerprint density at radius 2 is 1.72 bits per heavy atom. The van der Waals surface area contributed by atoms with Crippen molar-refractivity contribution in [2.75, 3.05) is 45.7 Å². The van der Waals surface area contributed by atoms with E-state index in [0.29, 0.717) is 13.1 Å². The van der Waals surface area contributed by atoms with Crippen molar-refractivity contribution in [2.24, 2.45) is 5.92 Å². The lowest BCUT2D eigenvalue weighted by Crippen LogP contribution is -2.47. The van der Waals surface area contributed by atoms with E-state index in [1.54, 1.807) is 0 Å². The van der Waals surface area contributed by atoms with Crippen molar-refractivity contribution >= 4 is 11.6 Å². The van der Waals surface area contributed by atoms with Crippen molar-refractivity contribution in [2.45, 2.75) is 39.0 Å². The van der Waals surface area contributed by atoms with E-state index in [0.717, 1.165) is 35.0 Å². The Balaban J connectivity index is 1.50. The molecule has 0 saturated carbocycles. The minimum absolute atomic E-state index is 0.0102. The summed E-state index contributed by atoms with van der Waals surface area (Å²) in [4.78, 5) is 19.4. The Kier molecular flexibility index (Phi) is 9.49. The maximum Gasteiger partial charge on any atom is 0.227 e. The predicted molar refractivity (Wildman–Crippen MR) is 156 cm³/mol. The van der Waals surface area contributed by atoms with Gasteiger partial charge in [0.1, 0.15) is 23.4 Å².